The Morgan fingerprint density at radius 3 is 2.05 bits per heavy atom. The molecule has 0 saturated heterocycles. The number of benzene rings is 1. The van der Waals surface area contributed by atoms with Crippen molar-refractivity contribution >= 4 is 17.5 Å². The molecule has 0 aliphatic heterocycles. The molecule has 0 aliphatic rings. The summed E-state index contributed by atoms with van der Waals surface area (Å²) in [5, 5.41) is 1.99. The van der Waals surface area contributed by atoms with Crippen LogP contribution in [-0.2, 0) is 4.79 Å². The van der Waals surface area contributed by atoms with E-state index in [-0.39, 0.29) is 0 Å². The largest absolute Gasteiger partial charge is 0.463 e. The highest BCUT2D eigenvalue weighted by atomic mass is 35.5. The standard InChI is InChI=1S/C11H9ClF5NO/c1-6(7-2-4-8(12)5-3-7)18-9(19)10(13,14)11(15,16)17/h2-6H,1H3,(H,18,19). The molecule has 0 radical (unpaired) electrons. The SMILES string of the molecule is CC(NC(=O)C(F)(F)C(F)(F)F)c1ccc(Cl)cc1. The fourth-order valence-electron chi connectivity index (χ4n) is 1.25. The first-order valence-corrected chi connectivity index (χ1v) is 5.44. The van der Waals surface area contributed by atoms with Gasteiger partial charge in [0, 0.05) is 5.02 Å². The maximum atomic E-state index is 12.7. The molecule has 0 heterocycles. The van der Waals surface area contributed by atoms with Gasteiger partial charge in [-0.1, -0.05) is 23.7 Å². The van der Waals surface area contributed by atoms with Gasteiger partial charge >= 0.3 is 18.0 Å². The van der Waals surface area contributed by atoms with Gasteiger partial charge in [-0.05, 0) is 24.6 Å². The van der Waals surface area contributed by atoms with Crippen molar-refractivity contribution in [2.24, 2.45) is 0 Å². The minimum absolute atomic E-state index is 0.357. The molecule has 0 spiro atoms. The van der Waals surface area contributed by atoms with Crippen LogP contribution in [0.5, 0.6) is 0 Å². The smallest absolute Gasteiger partial charge is 0.344 e. The number of hydrogen-bond acceptors (Lipinski definition) is 1. The van der Waals surface area contributed by atoms with Gasteiger partial charge in [-0.15, -0.1) is 0 Å². The molecule has 1 N–H and O–H groups in total. The minimum atomic E-state index is -5.92. The van der Waals surface area contributed by atoms with E-state index in [0.717, 1.165) is 0 Å². The Bertz CT molecular complexity index is 457. The number of alkyl halides is 5. The molecular weight excluding hydrogens is 293 g/mol. The molecule has 2 nitrogen and oxygen atoms in total. The minimum Gasteiger partial charge on any atom is -0.344 e. The lowest BCUT2D eigenvalue weighted by Crippen LogP contribution is -2.50. The highest BCUT2D eigenvalue weighted by Gasteiger charge is 2.63. The summed E-state index contributed by atoms with van der Waals surface area (Å²) in [5.74, 6) is -7.81. The van der Waals surface area contributed by atoms with Crippen LogP contribution in [0.15, 0.2) is 24.3 Å². The van der Waals surface area contributed by atoms with E-state index in [2.05, 4.69) is 0 Å². The van der Waals surface area contributed by atoms with E-state index < -0.39 is 24.0 Å². The van der Waals surface area contributed by atoms with Crippen LogP contribution in [0.1, 0.15) is 18.5 Å². The highest BCUT2D eigenvalue weighted by molar-refractivity contribution is 6.30. The van der Waals surface area contributed by atoms with Crippen LogP contribution in [0.4, 0.5) is 22.0 Å². The maximum Gasteiger partial charge on any atom is 0.463 e. The Morgan fingerprint density at radius 1 is 1.16 bits per heavy atom. The van der Waals surface area contributed by atoms with Gasteiger partial charge in [0.05, 0.1) is 6.04 Å². The molecule has 8 heteroatoms. The van der Waals surface area contributed by atoms with Gasteiger partial charge in [0.15, 0.2) is 0 Å². The lowest BCUT2D eigenvalue weighted by atomic mass is 10.1. The molecule has 0 bridgehead atoms. The summed E-state index contributed by atoms with van der Waals surface area (Å²) >= 11 is 5.60. The molecule has 1 aromatic carbocycles. The second kappa shape index (κ2) is 5.32. The lowest BCUT2D eigenvalue weighted by Gasteiger charge is -2.21. The van der Waals surface area contributed by atoms with E-state index in [4.69, 9.17) is 11.6 Å². The first-order valence-electron chi connectivity index (χ1n) is 5.06. The molecule has 1 aromatic rings. The van der Waals surface area contributed by atoms with Gasteiger partial charge < -0.3 is 5.32 Å². The summed E-state index contributed by atoms with van der Waals surface area (Å²) in [5.41, 5.74) is 0.357. The number of carbonyl (C=O) groups is 1. The third kappa shape index (κ3) is 3.56. The van der Waals surface area contributed by atoms with Crippen LogP contribution >= 0.6 is 11.6 Å². The molecule has 106 valence electrons. The number of nitrogens with one attached hydrogen (secondary N) is 1. The average Bonchev–Trinajstić information content (AvgIpc) is 2.28. The number of amides is 1. The quantitative estimate of drug-likeness (QED) is 0.847. The van der Waals surface area contributed by atoms with E-state index in [0.29, 0.717) is 10.6 Å². The number of halogens is 6. The van der Waals surface area contributed by atoms with Crippen molar-refractivity contribution in [1.29, 1.82) is 0 Å². The fraction of sp³-hybridized carbons (Fsp3) is 0.364. The van der Waals surface area contributed by atoms with Gasteiger partial charge in [-0.25, -0.2) is 0 Å². The van der Waals surface area contributed by atoms with Crippen molar-refractivity contribution in [2.75, 3.05) is 0 Å². The van der Waals surface area contributed by atoms with E-state index >= 15 is 0 Å². The molecule has 1 unspecified atom stereocenters. The number of carbonyl (C=O) groups excluding carboxylic acids is 1. The number of rotatable bonds is 3. The molecule has 0 aromatic heterocycles. The average molecular weight is 302 g/mol. The summed E-state index contributed by atoms with van der Waals surface area (Å²) < 4.78 is 61.3. The molecule has 19 heavy (non-hydrogen) atoms. The van der Waals surface area contributed by atoms with E-state index in [1.807, 2.05) is 0 Å². The second-order valence-corrected chi connectivity index (χ2v) is 4.26. The van der Waals surface area contributed by atoms with Crippen molar-refractivity contribution in [2.45, 2.75) is 25.1 Å². The highest BCUT2D eigenvalue weighted by Crippen LogP contribution is 2.36. The van der Waals surface area contributed by atoms with Gasteiger partial charge in [0.2, 0.25) is 0 Å². The Hall–Kier alpha value is -1.37. The van der Waals surface area contributed by atoms with Crippen LogP contribution in [0.2, 0.25) is 5.02 Å². The Morgan fingerprint density at radius 2 is 1.63 bits per heavy atom. The predicted octanol–water partition coefficient (Wildman–Crippen LogP) is 3.71. The third-order valence-corrected chi connectivity index (χ3v) is 2.61. The van der Waals surface area contributed by atoms with Crippen molar-refractivity contribution in [1.82, 2.24) is 5.32 Å². The van der Waals surface area contributed by atoms with Gasteiger partial charge in [0.25, 0.3) is 0 Å². The van der Waals surface area contributed by atoms with Crippen LogP contribution in [0.3, 0.4) is 0 Å². The molecule has 0 aliphatic carbocycles. The van der Waals surface area contributed by atoms with Crippen molar-refractivity contribution in [3.05, 3.63) is 34.9 Å². The van der Waals surface area contributed by atoms with Crippen LogP contribution in [0.25, 0.3) is 0 Å². The zero-order valence-corrected chi connectivity index (χ0v) is 10.3. The zero-order chi connectivity index (χ0) is 14.8. The van der Waals surface area contributed by atoms with Gasteiger partial charge in [-0.3, -0.25) is 4.79 Å². The van der Waals surface area contributed by atoms with E-state index in [1.54, 1.807) is 5.32 Å². The van der Waals surface area contributed by atoms with Crippen molar-refractivity contribution in [3.8, 4) is 0 Å². The van der Waals surface area contributed by atoms with Crippen LogP contribution < -0.4 is 5.32 Å². The van der Waals surface area contributed by atoms with E-state index in [1.165, 1.54) is 31.2 Å². The Balaban J connectivity index is 2.80. The zero-order valence-electron chi connectivity index (χ0n) is 9.56. The first kappa shape index (κ1) is 15.7. The predicted molar refractivity (Wildman–Crippen MR) is 59.0 cm³/mol. The lowest BCUT2D eigenvalue weighted by molar-refractivity contribution is -0.270. The number of hydrogen-bond donors (Lipinski definition) is 1. The molecule has 1 atom stereocenters. The fourth-order valence-corrected chi connectivity index (χ4v) is 1.38. The van der Waals surface area contributed by atoms with E-state index in [9.17, 15) is 26.7 Å². The summed E-state index contributed by atoms with van der Waals surface area (Å²) in [6.45, 7) is 1.29. The monoisotopic (exact) mass is 301 g/mol. The Kier molecular flexibility index (Phi) is 4.39. The summed E-state index contributed by atoms with van der Waals surface area (Å²) in [7, 11) is 0. The normalized spacial score (nSPS) is 14.1. The molecule has 0 fully saturated rings. The molecule has 1 rings (SSSR count). The Labute approximate surface area is 110 Å². The summed E-state index contributed by atoms with van der Waals surface area (Å²) in [6.07, 6.45) is -5.92. The van der Waals surface area contributed by atoms with Crippen LogP contribution in [-0.4, -0.2) is 18.0 Å². The molecular formula is C11H9ClF5NO. The van der Waals surface area contributed by atoms with Gasteiger partial charge in [0.1, 0.15) is 0 Å². The summed E-state index contributed by atoms with van der Waals surface area (Å²) in [6, 6.07) is 4.69. The first-order chi connectivity index (χ1) is 8.55. The maximum absolute atomic E-state index is 12.7. The topological polar surface area (TPSA) is 29.1 Å². The van der Waals surface area contributed by atoms with Gasteiger partial charge in [-0.2, -0.15) is 22.0 Å². The van der Waals surface area contributed by atoms with Crippen LogP contribution in [0, 0.1) is 0 Å². The summed E-state index contributed by atoms with van der Waals surface area (Å²) in [4.78, 5) is 11.0. The third-order valence-electron chi connectivity index (χ3n) is 2.36. The second-order valence-electron chi connectivity index (χ2n) is 3.82. The molecule has 1 amide bonds. The van der Waals surface area contributed by atoms with Crippen molar-refractivity contribution in [3.63, 3.8) is 0 Å². The molecule has 0 saturated carbocycles. The van der Waals surface area contributed by atoms with Crippen molar-refractivity contribution < 1.29 is 26.7 Å².